The number of aromatic nitrogens is 1. The summed E-state index contributed by atoms with van der Waals surface area (Å²) in [4.78, 5) is 4.21. The SMILES string of the molecule is CCCNc1cc(C(F)(F)F)cc(NCC2CC2(C)C)n1. The van der Waals surface area contributed by atoms with Crippen molar-refractivity contribution in [3.8, 4) is 0 Å². The minimum atomic E-state index is -4.36. The van der Waals surface area contributed by atoms with E-state index in [4.69, 9.17) is 0 Å². The van der Waals surface area contributed by atoms with Crippen molar-refractivity contribution in [3.05, 3.63) is 17.7 Å². The van der Waals surface area contributed by atoms with Crippen LogP contribution >= 0.6 is 0 Å². The third kappa shape index (κ3) is 4.25. The molecule has 0 spiro atoms. The van der Waals surface area contributed by atoms with Crippen molar-refractivity contribution in [2.45, 2.75) is 39.8 Å². The van der Waals surface area contributed by atoms with Crippen LogP contribution in [0.1, 0.15) is 39.2 Å². The molecule has 1 aromatic rings. The number of anilines is 2. The molecule has 0 radical (unpaired) electrons. The van der Waals surface area contributed by atoms with E-state index in [9.17, 15) is 13.2 Å². The maximum absolute atomic E-state index is 12.9. The zero-order valence-corrected chi connectivity index (χ0v) is 12.6. The first-order valence-electron chi connectivity index (χ1n) is 7.29. The molecule has 0 saturated heterocycles. The third-order valence-electron chi connectivity index (χ3n) is 3.96. The highest BCUT2D eigenvalue weighted by molar-refractivity contribution is 5.50. The van der Waals surface area contributed by atoms with Crippen LogP contribution in [0.25, 0.3) is 0 Å². The molecule has 1 aromatic heterocycles. The van der Waals surface area contributed by atoms with Crippen LogP contribution in [-0.2, 0) is 6.18 Å². The Kier molecular flexibility index (Phi) is 4.35. The Morgan fingerprint density at radius 2 is 1.81 bits per heavy atom. The van der Waals surface area contributed by atoms with Gasteiger partial charge in [0.25, 0.3) is 0 Å². The maximum Gasteiger partial charge on any atom is 0.416 e. The van der Waals surface area contributed by atoms with Gasteiger partial charge in [0.15, 0.2) is 0 Å². The van der Waals surface area contributed by atoms with Gasteiger partial charge in [0.2, 0.25) is 0 Å². The zero-order valence-electron chi connectivity index (χ0n) is 12.6. The van der Waals surface area contributed by atoms with Crippen LogP contribution in [0.3, 0.4) is 0 Å². The average molecular weight is 301 g/mol. The third-order valence-corrected chi connectivity index (χ3v) is 3.96. The molecule has 2 rings (SSSR count). The molecule has 1 heterocycles. The van der Waals surface area contributed by atoms with Gasteiger partial charge in [-0.25, -0.2) is 4.98 Å². The number of rotatable bonds is 6. The highest BCUT2D eigenvalue weighted by Crippen LogP contribution is 2.51. The van der Waals surface area contributed by atoms with Gasteiger partial charge in [-0.2, -0.15) is 13.2 Å². The van der Waals surface area contributed by atoms with Crippen molar-refractivity contribution < 1.29 is 13.2 Å². The predicted molar refractivity (Wildman–Crippen MR) is 78.4 cm³/mol. The predicted octanol–water partition coefficient (Wildman–Crippen LogP) is 4.38. The number of hydrogen-bond acceptors (Lipinski definition) is 3. The summed E-state index contributed by atoms with van der Waals surface area (Å²) in [6, 6.07) is 2.13. The first-order chi connectivity index (χ1) is 9.72. The lowest BCUT2D eigenvalue weighted by atomic mass is 10.1. The van der Waals surface area contributed by atoms with E-state index in [0.29, 0.717) is 19.0 Å². The molecule has 1 unspecified atom stereocenters. The van der Waals surface area contributed by atoms with Crippen LogP contribution in [0.15, 0.2) is 12.1 Å². The molecular formula is C15H22F3N3. The van der Waals surface area contributed by atoms with Crippen LogP contribution in [0.5, 0.6) is 0 Å². The second kappa shape index (κ2) is 5.73. The fourth-order valence-corrected chi connectivity index (χ4v) is 2.28. The quantitative estimate of drug-likeness (QED) is 0.818. The lowest BCUT2D eigenvalue weighted by Crippen LogP contribution is -2.13. The van der Waals surface area contributed by atoms with Crippen molar-refractivity contribution >= 4 is 11.6 Å². The molecule has 1 aliphatic rings. The molecule has 0 amide bonds. The van der Waals surface area contributed by atoms with E-state index >= 15 is 0 Å². The molecule has 1 fully saturated rings. The van der Waals surface area contributed by atoms with E-state index in [1.165, 1.54) is 0 Å². The van der Waals surface area contributed by atoms with Crippen molar-refractivity contribution in [1.82, 2.24) is 4.98 Å². The molecule has 3 nitrogen and oxygen atoms in total. The average Bonchev–Trinajstić information content (AvgIpc) is 3.00. The summed E-state index contributed by atoms with van der Waals surface area (Å²) < 4.78 is 38.8. The monoisotopic (exact) mass is 301 g/mol. The van der Waals surface area contributed by atoms with Gasteiger partial charge in [-0.15, -0.1) is 0 Å². The number of nitrogens with one attached hydrogen (secondary N) is 2. The molecule has 21 heavy (non-hydrogen) atoms. The fourth-order valence-electron chi connectivity index (χ4n) is 2.28. The molecule has 6 heteroatoms. The minimum Gasteiger partial charge on any atom is -0.370 e. The summed E-state index contributed by atoms with van der Waals surface area (Å²) in [5.41, 5.74) is -0.383. The van der Waals surface area contributed by atoms with E-state index in [1.807, 2.05) is 6.92 Å². The Labute approximate surface area is 123 Å². The van der Waals surface area contributed by atoms with Crippen LogP contribution in [0, 0.1) is 11.3 Å². The van der Waals surface area contributed by atoms with Crippen molar-refractivity contribution in [1.29, 1.82) is 0 Å². The van der Waals surface area contributed by atoms with E-state index in [1.54, 1.807) is 0 Å². The lowest BCUT2D eigenvalue weighted by molar-refractivity contribution is -0.137. The van der Waals surface area contributed by atoms with Crippen molar-refractivity contribution in [2.75, 3.05) is 23.7 Å². The second-order valence-corrected chi connectivity index (χ2v) is 6.32. The Hall–Kier alpha value is -1.46. The lowest BCUT2D eigenvalue weighted by Gasteiger charge is -2.14. The number of nitrogens with zero attached hydrogens (tertiary/aromatic N) is 1. The molecule has 1 aliphatic carbocycles. The Morgan fingerprint density at radius 1 is 1.24 bits per heavy atom. The van der Waals surface area contributed by atoms with E-state index in [0.717, 1.165) is 25.0 Å². The summed E-state index contributed by atoms with van der Waals surface area (Å²) >= 11 is 0. The number of hydrogen-bond donors (Lipinski definition) is 2. The first-order valence-corrected chi connectivity index (χ1v) is 7.29. The van der Waals surface area contributed by atoms with E-state index < -0.39 is 11.7 Å². The van der Waals surface area contributed by atoms with Gasteiger partial charge in [0, 0.05) is 13.1 Å². The van der Waals surface area contributed by atoms with Gasteiger partial charge in [-0.3, -0.25) is 0 Å². The summed E-state index contributed by atoms with van der Waals surface area (Å²) in [7, 11) is 0. The van der Waals surface area contributed by atoms with Gasteiger partial charge < -0.3 is 10.6 Å². The van der Waals surface area contributed by atoms with E-state index in [-0.39, 0.29) is 17.1 Å². The molecule has 0 aliphatic heterocycles. The van der Waals surface area contributed by atoms with Crippen LogP contribution in [-0.4, -0.2) is 18.1 Å². The Morgan fingerprint density at radius 3 is 2.29 bits per heavy atom. The van der Waals surface area contributed by atoms with Gasteiger partial charge in [-0.1, -0.05) is 20.8 Å². The standard InChI is InChI=1S/C15H22F3N3/c1-4-5-19-12-6-10(15(16,17)18)7-13(21-12)20-9-11-8-14(11,2)3/h6-7,11H,4-5,8-9H2,1-3H3,(H2,19,20,21). The number of halogens is 3. The summed E-state index contributed by atoms with van der Waals surface area (Å²) in [5.74, 6) is 1.05. The van der Waals surface area contributed by atoms with Crippen molar-refractivity contribution in [2.24, 2.45) is 11.3 Å². The molecule has 0 aromatic carbocycles. The number of pyridine rings is 1. The molecule has 2 N–H and O–H groups in total. The van der Waals surface area contributed by atoms with Gasteiger partial charge >= 0.3 is 6.18 Å². The topological polar surface area (TPSA) is 37.0 Å². The highest BCUT2D eigenvalue weighted by atomic mass is 19.4. The van der Waals surface area contributed by atoms with Gasteiger partial charge in [0.05, 0.1) is 5.56 Å². The smallest absolute Gasteiger partial charge is 0.370 e. The Bertz CT molecular complexity index is 497. The highest BCUT2D eigenvalue weighted by Gasteiger charge is 2.45. The van der Waals surface area contributed by atoms with Gasteiger partial charge in [0.1, 0.15) is 11.6 Å². The Balaban J connectivity index is 2.11. The molecule has 118 valence electrons. The molecule has 0 bridgehead atoms. The largest absolute Gasteiger partial charge is 0.416 e. The first kappa shape index (κ1) is 15.9. The second-order valence-electron chi connectivity index (χ2n) is 6.32. The molecule has 1 saturated carbocycles. The van der Waals surface area contributed by atoms with Crippen LogP contribution in [0.2, 0.25) is 0 Å². The molecule has 1 atom stereocenters. The van der Waals surface area contributed by atoms with Crippen LogP contribution in [0.4, 0.5) is 24.8 Å². The summed E-state index contributed by atoms with van der Waals surface area (Å²) in [5, 5.41) is 5.96. The maximum atomic E-state index is 12.9. The van der Waals surface area contributed by atoms with Crippen LogP contribution < -0.4 is 10.6 Å². The fraction of sp³-hybridized carbons (Fsp3) is 0.667. The summed E-state index contributed by atoms with van der Waals surface area (Å²) in [6.07, 6.45) is -2.43. The van der Waals surface area contributed by atoms with Crippen molar-refractivity contribution in [3.63, 3.8) is 0 Å². The zero-order chi connectivity index (χ0) is 15.7. The summed E-state index contributed by atoms with van der Waals surface area (Å²) in [6.45, 7) is 7.53. The molecular weight excluding hydrogens is 279 g/mol. The van der Waals surface area contributed by atoms with Gasteiger partial charge in [-0.05, 0) is 36.3 Å². The minimum absolute atomic E-state index is 0.268. The van der Waals surface area contributed by atoms with E-state index in [2.05, 4.69) is 29.5 Å². The normalized spacial score (nSPS) is 20.2. The number of alkyl halides is 3.